The molecule has 0 aromatic heterocycles. The molecule has 0 aliphatic heterocycles. The molecule has 0 bridgehead atoms. The molecule has 0 radical (unpaired) electrons. The lowest BCUT2D eigenvalue weighted by molar-refractivity contribution is -0.128. The van der Waals surface area contributed by atoms with Gasteiger partial charge < -0.3 is 14.8 Å². The molecule has 0 aliphatic carbocycles. The third-order valence-electron chi connectivity index (χ3n) is 2.34. The van der Waals surface area contributed by atoms with E-state index in [-0.39, 0.29) is 5.91 Å². The molecule has 1 aromatic rings. The SMILES string of the molecule is CC[C@H](Oc1cccc(Cl)c1)C(=O)NCCOC. The summed E-state index contributed by atoms with van der Waals surface area (Å²) in [5.74, 6) is 0.450. The van der Waals surface area contributed by atoms with E-state index in [2.05, 4.69) is 5.32 Å². The van der Waals surface area contributed by atoms with E-state index in [0.29, 0.717) is 30.3 Å². The van der Waals surface area contributed by atoms with E-state index in [4.69, 9.17) is 21.1 Å². The van der Waals surface area contributed by atoms with Gasteiger partial charge in [-0.1, -0.05) is 24.6 Å². The maximum Gasteiger partial charge on any atom is 0.261 e. The van der Waals surface area contributed by atoms with Crippen LogP contribution in [0.5, 0.6) is 5.75 Å². The van der Waals surface area contributed by atoms with E-state index in [1.54, 1.807) is 31.4 Å². The molecule has 5 heteroatoms. The number of carbonyl (C=O) groups excluding carboxylic acids is 1. The largest absolute Gasteiger partial charge is 0.481 e. The summed E-state index contributed by atoms with van der Waals surface area (Å²) in [6.07, 6.45) is 0.0750. The molecule has 1 aromatic carbocycles. The number of carbonyl (C=O) groups is 1. The lowest BCUT2D eigenvalue weighted by atomic mass is 10.2. The van der Waals surface area contributed by atoms with Gasteiger partial charge in [0.1, 0.15) is 5.75 Å². The molecule has 18 heavy (non-hydrogen) atoms. The molecular weight excluding hydrogens is 254 g/mol. The maximum atomic E-state index is 11.8. The standard InChI is InChI=1S/C13H18ClNO3/c1-3-12(13(16)15-7-8-17-2)18-11-6-4-5-10(14)9-11/h4-6,9,12H,3,7-8H2,1-2H3,(H,15,16)/t12-/m0/s1. The van der Waals surface area contributed by atoms with Gasteiger partial charge in [-0.3, -0.25) is 4.79 Å². The van der Waals surface area contributed by atoms with Crippen LogP contribution in [0.3, 0.4) is 0 Å². The zero-order chi connectivity index (χ0) is 13.4. The Labute approximate surface area is 112 Å². The Morgan fingerprint density at radius 2 is 2.28 bits per heavy atom. The summed E-state index contributed by atoms with van der Waals surface area (Å²) in [4.78, 5) is 11.8. The molecular formula is C13H18ClNO3. The highest BCUT2D eigenvalue weighted by Crippen LogP contribution is 2.19. The van der Waals surface area contributed by atoms with Gasteiger partial charge in [0.05, 0.1) is 6.61 Å². The van der Waals surface area contributed by atoms with Crippen LogP contribution in [0.4, 0.5) is 0 Å². The number of rotatable bonds is 7. The van der Waals surface area contributed by atoms with Crippen LogP contribution in [-0.4, -0.2) is 32.3 Å². The van der Waals surface area contributed by atoms with Crippen molar-refractivity contribution >= 4 is 17.5 Å². The number of hydrogen-bond acceptors (Lipinski definition) is 3. The van der Waals surface area contributed by atoms with Gasteiger partial charge >= 0.3 is 0 Å². The van der Waals surface area contributed by atoms with Crippen molar-refractivity contribution in [1.82, 2.24) is 5.32 Å². The van der Waals surface area contributed by atoms with Gasteiger partial charge in [-0.2, -0.15) is 0 Å². The van der Waals surface area contributed by atoms with Crippen molar-refractivity contribution in [3.8, 4) is 5.75 Å². The Bertz CT molecular complexity index is 384. The summed E-state index contributed by atoms with van der Waals surface area (Å²) in [6, 6.07) is 7.00. The van der Waals surface area contributed by atoms with Crippen LogP contribution in [0, 0.1) is 0 Å². The number of halogens is 1. The smallest absolute Gasteiger partial charge is 0.261 e. The molecule has 1 atom stereocenters. The number of benzene rings is 1. The molecule has 1 N–H and O–H groups in total. The van der Waals surface area contributed by atoms with Crippen molar-refractivity contribution in [3.63, 3.8) is 0 Å². The Balaban J connectivity index is 2.53. The van der Waals surface area contributed by atoms with Crippen LogP contribution in [0.25, 0.3) is 0 Å². The van der Waals surface area contributed by atoms with Crippen molar-refractivity contribution in [1.29, 1.82) is 0 Å². The molecule has 1 rings (SSSR count). The summed E-state index contributed by atoms with van der Waals surface area (Å²) >= 11 is 5.86. The van der Waals surface area contributed by atoms with Crippen LogP contribution < -0.4 is 10.1 Å². The summed E-state index contributed by atoms with van der Waals surface area (Å²) in [5, 5.41) is 3.33. The maximum absolute atomic E-state index is 11.8. The lowest BCUT2D eigenvalue weighted by Gasteiger charge is -2.17. The number of hydrogen-bond donors (Lipinski definition) is 1. The lowest BCUT2D eigenvalue weighted by Crippen LogP contribution is -2.39. The van der Waals surface area contributed by atoms with Gasteiger partial charge in [-0.25, -0.2) is 0 Å². The highest BCUT2D eigenvalue weighted by Gasteiger charge is 2.17. The van der Waals surface area contributed by atoms with Crippen molar-refractivity contribution in [3.05, 3.63) is 29.3 Å². The van der Waals surface area contributed by atoms with Crippen molar-refractivity contribution in [2.45, 2.75) is 19.4 Å². The summed E-state index contributed by atoms with van der Waals surface area (Å²) in [5.41, 5.74) is 0. The molecule has 1 amide bonds. The van der Waals surface area contributed by atoms with Crippen LogP contribution in [-0.2, 0) is 9.53 Å². The normalized spacial score (nSPS) is 11.9. The quantitative estimate of drug-likeness (QED) is 0.774. The van der Waals surface area contributed by atoms with Crippen molar-refractivity contribution < 1.29 is 14.3 Å². The number of amides is 1. The Kier molecular flexibility index (Phi) is 6.54. The monoisotopic (exact) mass is 271 g/mol. The second-order valence-electron chi connectivity index (χ2n) is 3.76. The first-order chi connectivity index (χ1) is 8.67. The zero-order valence-corrected chi connectivity index (χ0v) is 11.4. The molecule has 4 nitrogen and oxygen atoms in total. The Hall–Kier alpha value is -1.26. The summed E-state index contributed by atoms with van der Waals surface area (Å²) in [7, 11) is 1.59. The van der Waals surface area contributed by atoms with E-state index in [1.165, 1.54) is 0 Å². The third kappa shape index (κ3) is 4.94. The minimum absolute atomic E-state index is 0.144. The first-order valence-corrected chi connectivity index (χ1v) is 6.24. The molecule has 0 saturated carbocycles. The van der Waals surface area contributed by atoms with E-state index in [0.717, 1.165) is 0 Å². The van der Waals surface area contributed by atoms with E-state index in [9.17, 15) is 4.79 Å². The average molecular weight is 272 g/mol. The van der Waals surface area contributed by atoms with Gasteiger partial charge in [0, 0.05) is 18.7 Å². The van der Waals surface area contributed by atoms with E-state index >= 15 is 0 Å². The fourth-order valence-electron chi connectivity index (χ4n) is 1.42. The second kappa shape index (κ2) is 7.95. The molecule has 0 saturated heterocycles. The topological polar surface area (TPSA) is 47.6 Å². The Morgan fingerprint density at radius 1 is 1.50 bits per heavy atom. The van der Waals surface area contributed by atoms with Crippen LogP contribution in [0.15, 0.2) is 24.3 Å². The van der Waals surface area contributed by atoms with Gasteiger partial charge in [0.2, 0.25) is 0 Å². The van der Waals surface area contributed by atoms with Crippen LogP contribution >= 0.6 is 11.6 Å². The number of ether oxygens (including phenoxy) is 2. The van der Waals surface area contributed by atoms with Gasteiger partial charge in [-0.05, 0) is 24.6 Å². The fourth-order valence-corrected chi connectivity index (χ4v) is 1.60. The fraction of sp³-hybridized carbons (Fsp3) is 0.462. The molecule has 0 spiro atoms. The highest BCUT2D eigenvalue weighted by molar-refractivity contribution is 6.30. The molecule has 0 fully saturated rings. The van der Waals surface area contributed by atoms with E-state index in [1.807, 2.05) is 6.92 Å². The van der Waals surface area contributed by atoms with Crippen LogP contribution in [0.1, 0.15) is 13.3 Å². The highest BCUT2D eigenvalue weighted by atomic mass is 35.5. The van der Waals surface area contributed by atoms with Gasteiger partial charge in [0.15, 0.2) is 6.10 Å². The molecule has 0 aliphatic rings. The summed E-state index contributed by atoms with van der Waals surface area (Å²) < 4.78 is 10.5. The second-order valence-corrected chi connectivity index (χ2v) is 4.19. The Morgan fingerprint density at radius 3 is 2.89 bits per heavy atom. The minimum Gasteiger partial charge on any atom is -0.481 e. The average Bonchev–Trinajstić information content (AvgIpc) is 2.36. The first kappa shape index (κ1) is 14.8. The van der Waals surface area contributed by atoms with E-state index < -0.39 is 6.10 Å². The van der Waals surface area contributed by atoms with Crippen LogP contribution in [0.2, 0.25) is 5.02 Å². The van der Waals surface area contributed by atoms with Gasteiger partial charge in [-0.15, -0.1) is 0 Å². The number of nitrogens with one attached hydrogen (secondary N) is 1. The molecule has 0 heterocycles. The summed E-state index contributed by atoms with van der Waals surface area (Å²) in [6.45, 7) is 2.86. The third-order valence-corrected chi connectivity index (χ3v) is 2.58. The first-order valence-electron chi connectivity index (χ1n) is 5.86. The van der Waals surface area contributed by atoms with Gasteiger partial charge in [0.25, 0.3) is 5.91 Å². The predicted molar refractivity (Wildman–Crippen MR) is 71.0 cm³/mol. The number of methoxy groups -OCH3 is 1. The molecule has 0 unspecified atom stereocenters. The molecule has 100 valence electrons. The minimum atomic E-state index is -0.514. The van der Waals surface area contributed by atoms with Crippen molar-refractivity contribution in [2.75, 3.05) is 20.3 Å². The van der Waals surface area contributed by atoms with Crippen molar-refractivity contribution in [2.24, 2.45) is 0 Å². The predicted octanol–water partition coefficient (Wildman–Crippen LogP) is 2.26. The zero-order valence-electron chi connectivity index (χ0n) is 10.6.